The van der Waals surface area contributed by atoms with Crippen LogP contribution in [0.5, 0.6) is 0 Å². The van der Waals surface area contributed by atoms with E-state index >= 15 is 0 Å². The first-order chi connectivity index (χ1) is 11.5. The number of nitrogens with two attached hydrogens (primary N) is 1. The minimum Gasteiger partial charge on any atom is -0.331 e. The van der Waals surface area contributed by atoms with Crippen LogP contribution in [-0.2, 0) is 7.05 Å². The fourth-order valence-corrected chi connectivity index (χ4v) is 2.32. The highest BCUT2D eigenvalue weighted by Crippen LogP contribution is 2.20. The van der Waals surface area contributed by atoms with Gasteiger partial charge in [0.05, 0.1) is 17.1 Å². The van der Waals surface area contributed by atoms with Gasteiger partial charge in [-0.15, -0.1) is 0 Å². The number of pyridine rings is 2. The van der Waals surface area contributed by atoms with Crippen molar-refractivity contribution >= 4 is 49.2 Å². The van der Waals surface area contributed by atoms with Crippen LogP contribution in [0.15, 0.2) is 39.7 Å². The summed E-state index contributed by atoms with van der Waals surface area (Å²) in [6, 6.07) is 3.41. The Hall–Kier alpha value is -1.71. The summed E-state index contributed by atoms with van der Waals surface area (Å²) in [5, 5.41) is 5.13. The highest BCUT2D eigenvalue weighted by Gasteiger charge is 2.04. The van der Waals surface area contributed by atoms with Crippen molar-refractivity contribution in [3.05, 3.63) is 51.2 Å². The Kier molecular flexibility index (Phi) is 8.66. The summed E-state index contributed by atoms with van der Waals surface area (Å²) in [5.41, 5.74) is 5.71. The molecule has 0 aromatic carbocycles. The zero-order chi connectivity index (χ0) is 18.1. The fraction of sp³-hybridized carbons (Fsp3) is 0.200. The van der Waals surface area contributed by atoms with Crippen LogP contribution in [-0.4, -0.2) is 32.6 Å². The van der Waals surface area contributed by atoms with E-state index in [2.05, 4.69) is 46.9 Å². The molecule has 0 spiro atoms. The number of hydrogen-bond acceptors (Lipinski definition) is 5. The van der Waals surface area contributed by atoms with Crippen molar-refractivity contribution in [3.8, 4) is 0 Å². The van der Waals surface area contributed by atoms with E-state index in [0.29, 0.717) is 10.8 Å². The molecule has 0 aliphatic rings. The largest absolute Gasteiger partial charge is 0.331 e. The summed E-state index contributed by atoms with van der Waals surface area (Å²) in [6.45, 7) is 2.65. The van der Waals surface area contributed by atoms with E-state index in [1.54, 1.807) is 17.1 Å². The molecule has 6 nitrogen and oxygen atoms in total. The summed E-state index contributed by atoms with van der Waals surface area (Å²) in [6.07, 6.45) is 5.26. The third-order valence-corrected chi connectivity index (χ3v) is 3.97. The molecular weight excluding hydrogens is 445 g/mol. The summed E-state index contributed by atoms with van der Waals surface area (Å²) in [4.78, 5) is 17.6. The second-order valence-corrected chi connectivity index (χ2v) is 6.03. The number of carbonyl (C=O) groups is 1. The summed E-state index contributed by atoms with van der Waals surface area (Å²) < 4.78 is 15.7. The first kappa shape index (κ1) is 20.3. The maximum atomic E-state index is 12.5. The SMILES string of the molecule is CCN.Cn1ncc2c(Br)ccnc21.O=Cc1c(Br)ccnc1F. The molecule has 0 aliphatic carbocycles. The minimum atomic E-state index is -0.746. The minimum absolute atomic E-state index is 0.0394. The number of hydrogen-bond donors (Lipinski definition) is 1. The lowest BCUT2D eigenvalue weighted by Gasteiger charge is -1.93. The Labute approximate surface area is 155 Å². The second kappa shape index (κ2) is 10.2. The van der Waals surface area contributed by atoms with Gasteiger partial charge < -0.3 is 5.73 Å². The van der Waals surface area contributed by atoms with Crippen LogP contribution in [0.1, 0.15) is 17.3 Å². The standard InChI is InChI=1S/C7H6BrN3.C6H3BrFNO.C2H7N/c1-11-7-5(4-10-11)6(8)2-3-9-7;7-5-1-2-9-6(8)4(5)3-10;1-2-3/h2-4H,1H3;1-3H;2-3H2,1H3. The first-order valence-corrected chi connectivity index (χ1v) is 8.42. The molecular formula is C15H16Br2FN5O. The van der Waals surface area contributed by atoms with E-state index in [-0.39, 0.29) is 5.56 Å². The number of carbonyl (C=O) groups excluding carboxylic acids is 1. The van der Waals surface area contributed by atoms with Crippen molar-refractivity contribution in [1.29, 1.82) is 0 Å². The van der Waals surface area contributed by atoms with Gasteiger partial charge in [0.1, 0.15) is 0 Å². The number of nitrogens with zero attached hydrogens (tertiary/aromatic N) is 4. The molecule has 0 aliphatic heterocycles. The lowest BCUT2D eigenvalue weighted by Crippen LogP contribution is -1.91. The maximum absolute atomic E-state index is 12.5. The molecule has 3 rings (SSSR count). The fourth-order valence-electron chi connectivity index (χ4n) is 1.55. The number of rotatable bonds is 1. The molecule has 0 saturated carbocycles. The average Bonchev–Trinajstić information content (AvgIpc) is 2.92. The van der Waals surface area contributed by atoms with Gasteiger partial charge in [-0.3, -0.25) is 9.48 Å². The van der Waals surface area contributed by atoms with Gasteiger partial charge in [-0.2, -0.15) is 9.49 Å². The lowest BCUT2D eigenvalue weighted by atomic mass is 10.3. The van der Waals surface area contributed by atoms with E-state index in [1.165, 1.54) is 12.3 Å². The number of aldehydes is 1. The van der Waals surface area contributed by atoms with Gasteiger partial charge in [0.25, 0.3) is 0 Å². The van der Waals surface area contributed by atoms with E-state index in [0.717, 1.165) is 22.1 Å². The van der Waals surface area contributed by atoms with E-state index in [4.69, 9.17) is 5.73 Å². The van der Waals surface area contributed by atoms with E-state index < -0.39 is 5.95 Å². The zero-order valence-electron chi connectivity index (χ0n) is 13.1. The Balaban J connectivity index is 0.000000208. The van der Waals surface area contributed by atoms with Crippen molar-refractivity contribution in [2.24, 2.45) is 12.8 Å². The van der Waals surface area contributed by atoms with Gasteiger partial charge in [0.2, 0.25) is 5.95 Å². The molecule has 2 N–H and O–H groups in total. The van der Waals surface area contributed by atoms with Crippen LogP contribution >= 0.6 is 31.9 Å². The highest BCUT2D eigenvalue weighted by atomic mass is 79.9. The van der Waals surface area contributed by atoms with Gasteiger partial charge in [-0.1, -0.05) is 6.92 Å². The van der Waals surface area contributed by atoms with Crippen molar-refractivity contribution in [2.75, 3.05) is 6.54 Å². The number of aryl methyl sites for hydroxylation is 1. The molecule has 128 valence electrons. The summed E-state index contributed by atoms with van der Waals surface area (Å²) in [5.74, 6) is -0.746. The van der Waals surface area contributed by atoms with Crippen molar-refractivity contribution in [1.82, 2.24) is 19.7 Å². The van der Waals surface area contributed by atoms with Gasteiger partial charge >= 0.3 is 0 Å². The van der Waals surface area contributed by atoms with E-state index in [9.17, 15) is 9.18 Å². The molecule has 3 heterocycles. The third-order valence-electron chi connectivity index (χ3n) is 2.59. The summed E-state index contributed by atoms with van der Waals surface area (Å²) in [7, 11) is 1.88. The average molecular weight is 461 g/mol. The lowest BCUT2D eigenvalue weighted by molar-refractivity contribution is 0.111. The normalized spacial score (nSPS) is 9.58. The maximum Gasteiger partial charge on any atom is 0.224 e. The first-order valence-electron chi connectivity index (χ1n) is 6.83. The van der Waals surface area contributed by atoms with Crippen LogP contribution in [0.3, 0.4) is 0 Å². The molecule has 24 heavy (non-hydrogen) atoms. The van der Waals surface area contributed by atoms with Crippen molar-refractivity contribution in [2.45, 2.75) is 6.92 Å². The Morgan fingerprint density at radius 3 is 2.33 bits per heavy atom. The number of halogens is 3. The van der Waals surface area contributed by atoms with Gasteiger partial charge in [0.15, 0.2) is 11.9 Å². The molecule has 0 unspecified atom stereocenters. The Bertz CT molecular complexity index is 789. The predicted octanol–water partition coefficient (Wildman–Crippen LogP) is 3.49. The van der Waals surface area contributed by atoms with Crippen molar-refractivity contribution in [3.63, 3.8) is 0 Å². The predicted molar refractivity (Wildman–Crippen MR) is 98.2 cm³/mol. The molecule has 0 bridgehead atoms. The molecule has 0 radical (unpaired) electrons. The van der Waals surface area contributed by atoms with Gasteiger partial charge in [-0.25, -0.2) is 9.97 Å². The highest BCUT2D eigenvalue weighted by molar-refractivity contribution is 9.11. The smallest absolute Gasteiger partial charge is 0.224 e. The van der Waals surface area contributed by atoms with Crippen LogP contribution < -0.4 is 5.73 Å². The molecule has 0 atom stereocenters. The van der Waals surface area contributed by atoms with Crippen LogP contribution in [0.25, 0.3) is 11.0 Å². The quantitative estimate of drug-likeness (QED) is 0.443. The molecule has 0 saturated heterocycles. The topological polar surface area (TPSA) is 86.7 Å². The molecule has 3 aromatic rings. The van der Waals surface area contributed by atoms with E-state index in [1.807, 2.05) is 20.0 Å². The molecule has 9 heteroatoms. The third kappa shape index (κ3) is 5.43. The van der Waals surface area contributed by atoms with Gasteiger partial charge in [-0.05, 0) is 50.5 Å². The van der Waals surface area contributed by atoms with Crippen molar-refractivity contribution < 1.29 is 9.18 Å². The zero-order valence-corrected chi connectivity index (χ0v) is 16.3. The van der Waals surface area contributed by atoms with Crippen LogP contribution in [0, 0.1) is 5.95 Å². The molecule has 0 fully saturated rings. The molecule has 3 aromatic heterocycles. The number of aromatic nitrogens is 4. The summed E-state index contributed by atoms with van der Waals surface area (Å²) >= 11 is 6.41. The Morgan fingerprint density at radius 2 is 1.83 bits per heavy atom. The molecule has 0 amide bonds. The van der Waals surface area contributed by atoms with Crippen LogP contribution in [0.4, 0.5) is 4.39 Å². The monoisotopic (exact) mass is 459 g/mol. The van der Waals surface area contributed by atoms with Crippen LogP contribution in [0.2, 0.25) is 0 Å². The Morgan fingerprint density at radius 1 is 1.25 bits per heavy atom. The second-order valence-electron chi connectivity index (χ2n) is 4.32. The number of fused-ring (bicyclic) bond motifs is 1. The van der Waals surface area contributed by atoms with Gasteiger partial charge in [0, 0.05) is 28.4 Å².